The van der Waals surface area contributed by atoms with Crippen LogP contribution in [0.3, 0.4) is 0 Å². The van der Waals surface area contributed by atoms with Gasteiger partial charge in [0, 0.05) is 11.1 Å². The zero-order valence-electron chi connectivity index (χ0n) is 10.3. The first kappa shape index (κ1) is 14.8. The molecule has 19 heavy (non-hydrogen) atoms. The fourth-order valence-electron chi connectivity index (χ4n) is 1.84. The fourth-order valence-corrected chi connectivity index (χ4v) is 2.56. The van der Waals surface area contributed by atoms with Crippen molar-refractivity contribution in [3.05, 3.63) is 27.7 Å². The SMILES string of the molecule is O=C(COCC1CCCO1)Nc1ccc(Br)cc1Cl. The summed E-state index contributed by atoms with van der Waals surface area (Å²) in [6.07, 6.45) is 2.19. The van der Waals surface area contributed by atoms with Gasteiger partial charge >= 0.3 is 0 Å². The van der Waals surface area contributed by atoms with E-state index in [1.54, 1.807) is 12.1 Å². The fraction of sp³-hybridized carbons (Fsp3) is 0.462. The molecule has 0 radical (unpaired) electrons. The van der Waals surface area contributed by atoms with Gasteiger partial charge in [-0.1, -0.05) is 27.5 Å². The minimum absolute atomic E-state index is 0.00620. The average molecular weight is 349 g/mol. The van der Waals surface area contributed by atoms with Crippen LogP contribution in [0.15, 0.2) is 22.7 Å². The number of rotatable bonds is 5. The van der Waals surface area contributed by atoms with E-state index < -0.39 is 0 Å². The molecule has 1 aliphatic rings. The van der Waals surface area contributed by atoms with Crippen molar-refractivity contribution < 1.29 is 14.3 Å². The summed E-state index contributed by atoms with van der Waals surface area (Å²) in [5, 5.41) is 3.19. The lowest BCUT2D eigenvalue weighted by Gasteiger charge is -2.11. The highest BCUT2D eigenvalue weighted by Gasteiger charge is 2.16. The number of halogens is 2. The maximum atomic E-state index is 11.7. The summed E-state index contributed by atoms with van der Waals surface area (Å²) in [7, 11) is 0. The summed E-state index contributed by atoms with van der Waals surface area (Å²) in [5.74, 6) is -0.220. The molecular weight excluding hydrogens is 334 g/mol. The van der Waals surface area contributed by atoms with Crippen molar-refractivity contribution in [3.63, 3.8) is 0 Å². The molecule has 0 aromatic heterocycles. The van der Waals surface area contributed by atoms with Gasteiger partial charge in [-0.25, -0.2) is 0 Å². The average Bonchev–Trinajstić information content (AvgIpc) is 2.86. The molecule has 1 unspecified atom stereocenters. The summed E-state index contributed by atoms with van der Waals surface area (Å²) in [4.78, 5) is 11.7. The number of carbonyl (C=O) groups excluding carboxylic acids is 1. The molecule has 1 aromatic rings. The van der Waals surface area contributed by atoms with Gasteiger partial charge in [0.1, 0.15) is 6.61 Å². The molecule has 1 N–H and O–H groups in total. The number of nitrogens with one attached hydrogen (secondary N) is 1. The van der Waals surface area contributed by atoms with Gasteiger partial charge in [-0.15, -0.1) is 0 Å². The standard InChI is InChI=1S/C13H15BrClNO3/c14-9-3-4-12(11(15)6-9)16-13(17)8-18-7-10-2-1-5-19-10/h3-4,6,10H,1-2,5,7-8H2,(H,16,17). The summed E-state index contributed by atoms with van der Waals surface area (Å²) >= 11 is 9.31. The Morgan fingerprint density at radius 3 is 3.11 bits per heavy atom. The summed E-state index contributed by atoms with van der Waals surface area (Å²) in [6, 6.07) is 5.28. The Morgan fingerprint density at radius 2 is 2.42 bits per heavy atom. The second kappa shape index (κ2) is 7.24. The second-order valence-electron chi connectivity index (χ2n) is 4.32. The maximum absolute atomic E-state index is 11.7. The Kier molecular flexibility index (Phi) is 5.63. The van der Waals surface area contributed by atoms with Crippen molar-refractivity contribution in [2.75, 3.05) is 25.1 Å². The predicted molar refractivity (Wildman–Crippen MR) is 77.6 cm³/mol. The van der Waals surface area contributed by atoms with Crippen LogP contribution in [0, 0.1) is 0 Å². The minimum atomic E-state index is -0.220. The lowest BCUT2D eigenvalue weighted by atomic mass is 10.2. The van der Waals surface area contributed by atoms with Gasteiger partial charge in [0.2, 0.25) is 5.91 Å². The smallest absolute Gasteiger partial charge is 0.250 e. The number of hydrogen-bond acceptors (Lipinski definition) is 3. The topological polar surface area (TPSA) is 47.6 Å². The number of anilines is 1. The van der Waals surface area contributed by atoms with Crippen LogP contribution in [-0.4, -0.2) is 31.8 Å². The maximum Gasteiger partial charge on any atom is 0.250 e. The molecule has 0 spiro atoms. The zero-order chi connectivity index (χ0) is 13.7. The Hall–Kier alpha value is -0.620. The van der Waals surface area contributed by atoms with Crippen LogP contribution in [-0.2, 0) is 14.3 Å². The molecule has 0 aliphatic carbocycles. The summed E-state index contributed by atoms with van der Waals surface area (Å²) in [6.45, 7) is 1.25. The normalized spacial score (nSPS) is 18.5. The van der Waals surface area contributed by atoms with E-state index in [-0.39, 0.29) is 18.6 Å². The molecule has 0 bridgehead atoms. The van der Waals surface area contributed by atoms with Crippen LogP contribution < -0.4 is 5.32 Å². The highest BCUT2D eigenvalue weighted by Crippen LogP contribution is 2.25. The molecule has 1 heterocycles. The van der Waals surface area contributed by atoms with Gasteiger partial charge in [-0.05, 0) is 31.0 Å². The molecule has 1 fully saturated rings. The van der Waals surface area contributed by atoms with Gasteiger partial charge < -0.3 is 14.8 Å². The number of benzene rings is 1. The number of hydrogen-bond donors (Lipinski definition) is 1. The molecule has 2 rings (SSSR count). The van der Waals surface area contributed by atoms with Crippen LogP contribution in [0.25, 0.3) is 0 Å². The first-order valence-electron chi connectivity index (χ1n) is 6.09. The van der Waals surface area contributed by atoms with Gasteiger partial charge in [0.05, 0.1) is 23.4 Å². The van der Waals surface area contributed by atoms with Crippen molar-refractivity contribution in [1.29, 1.82) is 0 Å². The molecule has 1 saturated heterocycles. The van der Waals surface area contributed by atoms with Crippen LogP contribution in [0.2, 0.25) is 5.02 Å². The lowest BCUT2D eigenvalue weighted by Crippen LogP contribution is -2.22. The van der Waals surface area contributed by atoms with Crippen molar-refractivity contribution in [2.45, 2.75) is 18.9 Å². The Morgan fingerprint density at radius 1 is 1.58 bits per heavy atom. The van der Waals surface area contributed by atoms with Gasteiger partial charge in [0.25, 0.3) is 0 Å². The molecule has 4 nitrogen and oxygen atoms in total. The van der Waals surface area contributed by atoms with Crippen molar-refractivity contribution in [2.24, 2.45) is 0 Å². The number of ether oxygens (including phenoxy) is 2. The molecule has 1 atom stereocenters. The van der Waals surface area contributed by atoms with Crippen LogP contribution >= 0.6 is 27.5 Å². The predicted octanol–water partition coefficient (Wildman–Crippen LogP) is 3.24. The van der Waals surface area contributed by atoms with E-state index in [2.05, 4.69) is 21.2 Å². The van der Waals surface area contributed by atoms with Crippen LogP contribution in [0.5, 0.6) is 0 Å². The Bertz CT molecular complexity index is 450. The van der Waals surface area contributed by atoms with Crippen molar-refractivity contribution in [1.82, 2.24) is 0 Å². The Balaban J connectivity index is 1.74. The Labute approximate surface area is 125 Å². The largest absolute Gasteiger partial charge is 0.376 e. The number of amides is 1. The van der Waals surface area contributed by atoms with E-state index in [0.29, 0.717) is 17.3 Å². The first-order chi connectivity index (χ1) is 9.15. The zero-order valence-corrected chi connectivity index (χ0v) is 12.7. The second-order valence-corrected chi connectivity index (χ2v) is 5.65. The highest BCUT2D eigenvalue weighted by atomic mass is 79.9. The highest BCUT2D eigenvalue weighted by molar-refractivity contribution is 9.10. The van der Waals surface area contributed by atoms with Gasteiger partial charge in [-0.2, -0.15) is 0 Å². The van der Waals surface area contributed by atoms with E-state index in [9.17, 15) is 4.79 Å². The van der Waals surface area contributed by atoms with E-state index in [4.69, 9.17) is 21.1 Å². The molecule has 6 heteroatoms. The number of carbonyl (C=O) groups is 1. The lowest BCUT2D eigenvalue weighted by molar-refractivity contribution is -0.121. The minimum Gasteiger partial charge on any atom is -0.376 e. The van der Waals surface area contributed by atoms with Crippen molar-refractivity contribution >= 4 is 39.1 Å². The monoisotopic (exact) mass is 347 g/mol. The van der Waals surface area contributed by atoms with E-state index in [1.165, 1.54) is 0 Å². The molecule has 1 aromatic carbocycles. The van der Waals surface area contributed by atoms with Crippen LogP contribution in [0.1, 0.15) is 12.8 Å². The third-order valence-electron chi connectivity index (χ3n) is 2.77. The molecule has 104 valence electrons. The third kappa shape index (κ3) is 4.76. The summed E-state index contributed by atoms with van der Waals surface area (Å²) < 4.78 is 11.6. The molecule has 1 amide bonds. The molecule has 1 aliphatic heterocycles. The van der Waals surface area contributed by atoms with E-state index in [1.807, 2.05) is 6.07 Å². The van der Waals surface area contributed by atoms with E-state index >= 15 is 0 Å². The quantitative estimate of drug-likeness (QED) is 0.888. The van der Waals surface area contributed by atoms with E-state index in [0.717, 1.165) is 23.9 Å². The molecule has 0 saturated carbocycles. The van der Waals surface area contributed by atoms with Gasteiger partial charge in [0.15, 0.2) is 0 Å². The molecular formula is C13H15BrClNO3. The van der Waals surface area contributed by atoms with Crippen molar-refractivity contribution in [3.8, 4) is 0 Å². The van der Waals surface area contributed by atoms with Crippen LogP contribution in [0.4, 0.5) is 5.69 Å². The summed E-state index contributed by atoms with van der Waals surface area (Å²) in [5.41, 5.74) is 0.579. The third-order valence-corrected chi connectivity index (χ3v) is 3.57. The first-order valence-corrected chi connectivity index (χ1v) is 7.26. The van der Waals surface area contributed by atoms with Gasteiger partial charge in [-0.3, -0.25) is 4.79 Å².